The molecule has 0 unspecified atom stereocenters. The van der Waals surface area contributed by atoms with E-state index < -0.39 is 0 Å². The molecular formula is C17H28BrNO2. The average Bonchev–Trinajstić information content (AvgIpc) is 2.42. The van der Waals surface area contributed by atoms with E-state index in [0.29, 0.717) is 0 Å². The molecule has 0 aromatic heterocycles. The number of hydrogen-bond donors (Lipinski definition) is 1. The molecule has 3 nitrogen and oxygen atoms in total. The Morgan fingerprint density at radius 1 is 1.00 bits per heavy atom. The van der Waals surface area contributed by atoms with Gasteiger partial charge in [0.1, 0.15) is 11.5 Å². The number of halogens is 1. The van der Waals surface area contributed by atoms with E-state index in [0.717, 1.165) is 35.4 Å². The lowest BCUT2D eigenvalue weighted by atomic mass is 10.0. The zero-order valence-electron chi connectivity index (χ0n) is 13.9. The number of nitrogens with one attached hydrogen (secondary N) is 1. The van der Waals surface area contributed by atoms with Gasteiger partial charge in [-0.05, 0) is 80.2 Å². The van der Waals surface area contributed by atoms with E-state index >= 15 is 0 Å². The van der Waals surface area contributed by atoms with Crippen molar-refractivity contribution in [3.63, 3.8) is 0 Å². The van der Waals surface area contributed by atoms with Crippen LogP contribution in [0.3, 0.4) is 0 Å². The second kappa shape index (κ2) is 8.64. The van der Waals surface area contributed by atoms with E-state index in [9.17, 15) is 0 Å². The molecule has 0 aliphatic rings. The molecule has 0 amide bonds. The van der Waals surface area contributed by atoms with E-state index in [4.69, 9.17) is 9.47 Å². The van der Waals surface area contributed by atoms with Gasteiger partial charge in [-0.2, -0.15) is 0 Å². The second-order valence-electron chi connectivity index (χ2n) is 6.29. The second-order valence-corrected chi connectivity index (χ2v) is 7.14. The van der Waals surface area contributed by atoms with E-state index in [1.165, 1.54) is 18.4 Å². The zero-order valence-corrected chi connectivity index (χ0v) is 15.5. The molecule has 0 heterocycles. The fourth-order valence-corrected chi connectivity index (χ4v) is 2.68. The Balaban J connectivity index is 2.44. The van der Waals surface area contributed by atoms with Gasteiger partial charge in [-0.3, -0.25) is 0 Å². The van der Waals surface area contributed by atoms with Gasteiger partial charge in [0, 0.05) is 5.54 Å². The average molecular weight is 358 g/mol. The Morgan fingerprint density at radius 2 is 1.67 bits per heavy atom. The minimum absolute atomic E-state index is 0.211. The summed E-state index contributed by atoms with van der Waals surface area (Å²) in [5.74, 6) is 1.79. The predicted octanol–water partition coefficient (Wildman–Crippen LogP) is 4.57. The molecule has 0 fully saturated rings. The Bertz CT molecular complexity index is 441. The zero-order chi connectivity index (χ0) is 15.9. The molecule has 0 spiro atoms. The maximum Gasteiger partial charge on any atom is 0.133 e. The summed E-state index contributed by atoms with van der Waals surface area (Å²) in [6.45, 7) is 7.67. The standard InChI is InChI=1S/C17H28BrNO2/c1-17(2,3)19-10-8-6-7-9-13-11-16(21-5)14(18)12-15(13)20-4/h11-12,19H,6-10H2,1-5H3. The van der Waals surface area contributed by atoms with Crippen molar-refractivity contribution in [1.29, 1.82) is 0 Å². The molecule has 1 aromatic carbocycles. The minimum Gasteiger partial charge on any atom is -0.496 e. The van der Waals surface area contributed by atoms with Crippen molar-refractivity contribution >= 4 is 15.9 Å². The monoisotopic (exact) mass is 357 g/mol. The highest BCUT2D eigenvalue weighted by Gasteiger charge is 2.10. The molecule has 0 saturated carbocycles. The van der Waals surface area contributed by atoms with Gasteiger partial charge in [0.15, 0.2) is 0 Å². The van der Waals surface area contributed by atoms with Crippen molar-refractivity contribution in [3.05, 3.63) is 22.2 Å². The molecule has 120 valence electrons. The minimum atomic E-state index is 0.211. The van der Waals surface area contributed by atoms with Gasteiger partial charge in [-0.25, -0.2) is 0 Å². The highest BCUT2D eigenvalue weighted by atomic mass is 79.9. The van der Waals surface area contributed by atoms with Crippen LogP contribution < -0.4 is 14.8 Å². The number of benzene rings is 1. The molecule has 1 aromatic rings. The summed E-state index contributed by atoms with van der Waals surface area (Å²) in [5.41, 5.74) is 1.42. The van der Waals surface area contributed by atoms with E-state index in [-0.39, 0.29) is 5.54 Å². The van der Waals surface area contributed by atoms with Crippen LogP contribution in [0.5, 0.6) is 11.5 Å². The van der Waals surface area contributed by atoms with Crippen LogP contribution in [0.15, 0.2) is 16.6 Å². The summed E-state index contributed by atoms with van der Waals surface area (Å²) in [5, 5.41) is 3.52. The summed E-state index contributed by atoms with van der Waals surface area (Å²) in [6.07, 6.45) is 4.59. The molecule has 0 aliphatic heterocycles. The summed E-state index contributed by atoms with van der Waals surface area (Å²) in [4.78, 5) is 0. The third-order valence-electron chi connectivity index (χ3n) is 3.33. The molecule has 1 rings (SSSR count). The van der Waals surface area contributed by atoms with Gasteiger partial charge >= 0.3 is 0 Å². The predicted molar refractivity (Wildman–Crippen MR) is 92.6 cm³/mol. The first-order valence-corrected chi connectivity index (χ1v) is 8.32. The lowest BCUT2D eigenvalue weighted by Crippen LogP contribution is -2.36. The van der Waals surface area contributed by atoms with Crippen LogP contribution in [0.25, 0.3) is 0 Å². The quantitative estimate of drug-likeness (QED) is 0.691. The van der Waals surface area contributed by atoms with E-state index in [1.54, 1.807) is 14.2 Å². The fourth-order valence-electron chi connectivity index (χ4n) is 2.20. The maximum absolute atomic E-state index is 5.45. The summed E-state index contributed by atoms with van der Waals surface area (Å²) >= 11 is 3.49. The van der Waals surface area contributed by atoms with Crippen LogP contribution in [0.4, 0.5) is 0 Å². The number of unbranched alkanes of at least 4 members (excludes halogenated alkanes) is 2. The normalized spacial score (nSPS) is 11.5. The number of methoxy groups -OCH3 is 2. The van der Waals surface area contributed by atoms with Crippen LogP contribution >= 0.6 is 15.9 Å². The Morgan fingerprint density at radius 3 is 2.24 bits per heavy atom. The van der Waals surface area contributed by atoms with Crippen LogP contribution in [0, 0.1) is 0 Å². The summed E-state index contributed by atoms with van der Waals surface area (Å²) in [7, 11) is 3.40. The SMILES string of the molecule is COc1cc(CCCCCNC(C)(C)C)c(OC)cc1Br. The van der Waals surface area contributed by atoms with Crippen molar-refractivity contribution in [2.24, 2.45) is 0 Å². The third kappa shape index (κ3) is 6.70. The molecule has 0 bridgehead atoms. The highest BCUT2D eigenvalue weighted by Crippen LogP contribution is 2.33. The van der Waals surface area contributed by atoms with Crippen LogP contribution in [0.1, 0.15) is 45.6 Å². The van der Waals surface area contributed by atoms with Crippen molar-refractivity contribution in [2.75, 3.05) is 20.8 Å². The molecular weight excluding hydrogens is 330 g/mol. The van der Waals surface area contributed by atoms with Gasteiger partial charge < -0.3 is 14.8 Å². The number of hydrogen-bond acceptors (Lipinski definition) is 3. The number of aryl methyl sites for hydroxylation is 1. The van der Waals surface area contributed by atoms with Gasteiger partial charge in [-0.15, -0.1) is 0 Å². The lowest BCUT2D eigenvalue weighted by molar-refractivity contribution is 0.395. The first-order valence-electron chi connectivity index (χ1n) is 7.53. The lowest BCUT2D eigenvalue weighted by Gasteiger charge is -2.20. The summed E-state index contributed by atoms with van der Waals surface area (Å²) in [6, 6.07) is 4.05. The fraction of sp³-hybridized carbons (Fsp3) is 0.647. The smallest absolute Gasteiger partial charge is 0.133 e. The molecule has 0 radical (unpaired) electrons. The number of ether oxygens (including phenoxy) is 2. The Labute approximate surface area is 137 Å². The number of rotatable bonds is 8. The molecule has 0 saturated heterocycles. The van der Waals surface area contributed by atoms with Crippen molar-refractivity contribution < 1.29 is 9.47 Å². The Hall–Kier alpha value is -0.740. The van der Waals surface area contributed by atoms with Gasteiger partial charge in [-0.1, -0.05) is 6.42 Å². The van der Waals surface area contributed by atoms with Crippen LogP contribution in [-0.2, 0) is 6.42 Å². The van der Waals surface area contributed by atoms with Crippen molar-refractivity contribution in [2.45, 2.75) is 52.0 Å². The maximum atomic E-state index is 5.45. The highest BCUT2D eigenvalue weighted by molar-refractivity contribution is 9.10. The van der Waals surface area contributed by atoms with Crippen LogP contribution in [0.2, 0.25) is 0 Å². The van der Waals surface area contributed by atoms with Crippen molar-refractivity contribution in [3.8, 4) is 11.5 Å². The van der Waals surface area contributed by atoms with Gasteiger partial charge in [0.05, 0.1) is 18.7 Å². The van der Waals surface area contributed by atoms with Crippen LogP contribution in [-0.4, -0.2) is 26.3 Å². The van der Waals surface area contributed by atoms with Gasteiger partial charge in [0.2, 0.25) is 0 Å². The first kappa shape index (κ1) is 18.3. The third-order valence-corrected chi connectivity index (χ3v) is 3.95. The molecule has 4 heteroatoms. The molecule has 21 heavy (non-hydrogen) atoms. The molecule has 1 N–H and O–H groups in total. The topological polar surface area (TPSA) is 30.5 Å². The van der Waals surface area contributed by atoms with E-state index in [2.05, 4.69) is 48.1 Å². The summed E-state index contributed by atoms with van der Waals surface area (Å²) < 4.78 is 11.7. The Kier molecular flexibility index (Phi) is 7.53. The van der Waals surface area contributed by atoms with Crippen molar-refractivity contribution in [1.82, 2.24) is 5.32 Å². The van der Waals surface area contributed by atoms with E-state index in [1.807, 2.05) is 6.07 Å². The molecule has 0 aliphatic carbocycles. The first-order chi connectivity index (χ1) is 9.87. The molecule has 0 atom stereocenters. The van der Waals surface area contributed by atoms with Gasteiger partial charge in [0.25, 0.3) is 0 Å². The largest absolute Gasteiger partial charge is 0.496 e.